The van der Waals surface area contributed by atoms with Gasteiger partial charge in [-0.25, -0.2) is 14.1 Å². The summed E-state index contributed by atoms with van der Waals surface area (Å²) in [5, 5.41) is 5.78. The number of hydrogen-bond acceptors (Lipinski definition) is 4. The van der Waals surface area contributed by atoms with Gasteiger partial charge < -0.3 is 9.19 Å². The van der Waals surface area contributed by atoms with Crippen LogP contribution in [-0.4, -0.2) is 33.4 Å². The minimum Gasteiger partial charge on any atom is -0.327 e. The number of nitrogens with zero attached hydrogens (tertiary/aromatic N) is 4. The highest BCUT2D eigenvalue weighted by Crippen LogP contribution is 2.58. The van der Waals surface area contributed by atoms with Crippen LogP contribution in [0.5, 0.6) is 0 Å². The Bertz CT molecular complexity index is 1320. The molecular weight excluding hydrogens is 478 g/mol. The van der Waals surface area contributed by atoms with E-state index in [4.69, 9.17) is 26.4 Å². The number of aliphatic imine (C=N–C) groups is 1. The molecule has 1 saturated carbocycles. The highest BCUT2D eigenvalue weighted by molar-refractivity contribution is 8.15. The van der Waals surface area contributed by atoms with E-state index >= 15 is 0 Å². The molecule has 1 fully saturated rings. The van der Waals surface area contributed by atoms with Gasteiger partial charge in [0.25, 0.3) is 0 Å². The molecule has 1 aliphatic carbocycles. The summed E-state index contributed by atoms with van der Waals surface area (Å²) in [4.78, 5) is 5.06. The van der Waals surface area contributed by atoms with Crippen molar-refractivity contribution in [1.29, 1.82) is 0 Å². The van der Waals surface area contributed by atoms with Crippen LogP contribution in [0.4, 0.5) is 10.2 Å². The molecule has 0 bridgehead atoms. The fraction of sp³-hybridized carbons (Fsp3) is 0.407. The third-order valence-electron chi connectivity index (χ3n) is 6.94. The molecule has 8 heteroatoms. The van der Waals surface area contributed by atoms with Crippen molar-refractivity contribution in [3.05, 3.63) is 71.7 Å². The Morgan fingerprint density at radius 2 is 1.77 bits per heavy atom. The zero-order valence-electron chi connectivity index (χ0n) is 20.9. The van der Waals surface area contributed by atoms with Gasteiger partial charge >= 0.3 is 0 Å². The fourth-order valence-electron chi connectivity index (χ4n) is 5.65. The Morgan fingerprint density at radius 3 is 2.43 bits per heavy atom. The highest BCUT2D eigenvalue weighted by atomic mass is 32.4. The van der Waals surface area contributed by atoms with Crippen LogP contribution in [-0.2, 0) is 16.3 Å². The standard InChI is InChI=1S/C27H32FN4OPS/c1-18-15-23(17-27(3,4)16-18)33-34(35)24-19(2)30-32(22-9-7-6-8-10-22)26(24)29-25(31(34)5)20-11-13-21(28)14-12-20/h6-14,18,23H,15-17H2,1-5H3. The summed E-state index contributed by atoms with van der Waals surface area (Å²) < 4.78 is 24.6. The number of aryl methyl sites for hydroxylation is 1. The normalized spacial score (nSPS) is 25.8. The molecule has 3 aromatic rings. The lowest BCUT2D eigenvalue weighted by Gasteiger charge is -2.44. The second-order valence-electron chi connectivity index (χ2n) is 10.6. The Hall–Kier alpha value is -2.34. The van der Waals surface area contributed by atoms with Crippen LogP contribution in [0.15, 0.2) is 59.6 Å². The minimum absolute atomic E-state index is 0.0573. The third-order valence-corrected chi connectivity index (χ3v) is 11.1. The SMILES string of the molecule is Cc1nn(-c2ccccc2)c2c1P(=S)(OC1CC(C)CC(C)(C)C1)N(C)C(c1ccc(F)cc1)=N2. The van der Waals surface area contributed by atoms with Crippen molar-refractivity contribution in [2.24, 2.45) is 16.3 Å². The molecule has 1 aromatic heterocycles. The molecule has 5 rings (SSSR count). The summed E-state index contributed by atoms with van der Waals surface area (Å²) in [6, 6.07) is 16.4. The summed E-state index contributed by atoms with van der Waals surface area (Å²) in [6.07, 6.45) is 0.436. The zero-order valence-corrected chi connectivity index (χ0v) is 22.6. The first kappa shape index (κ1) is 24.4. The van der Waals surface area contributed by atoms with E-state index in [1.165, 1.54) is 18.6 Å². The maximum atomic E-state index is 13.7. The molecule has 184 valence electrons. The summed E-state index contributed by atoms with van der Waals surface area (Å²) in [7, 11) is 1.96. The second-order valence-corrected chi connectivity index (χ2v) is 14.4. The van der Waals surface area contributed by atoms with Crippen molar-refractivity contribution in [2.75, 3.05) is 7.05 Å². The second kappa shape index (κ2) is 8.95. The number of fused-ring (bicyclic) bond motifs is 1. The van der Waals surface area contributed by atoms with Crippen molar-refractivity contribution in [2.45, 2.75) is 53.1 Å². The summed E-state index contributed by atoms with van der Waals surface area (Å²) in [5.41, 5.74) is 2.75. The van der Waals surface area contributed by atoms with Gasteiger partial charge in [-0.3, -0.25) is 0 Å². The molecule has 1 aliphatic heterocycles. The van der Waals surface area contributed by atoms with E-state index in [0.29, 0.717) is 17.6 Å². The Morgan fingerprint density at radius 1 is 1.09 bits per heavy atom. The lowest BCUT2D eigenvalue weighted by Crippen LogP contribution is -2.38. The predicted molar refractivity (Wildman–Crippen MR) is 144 cm³/mol. The molecule has 3 atom stereocenters. The van der Waals surface area contributed by atoms with E-state index in [-0.39, 0.29) is 17.3 Å². The summed E-state index contributed by atoms with van der Waals surface area (Å²) >= 11 is 6.49. The van der Waals surface area contributed by atoms with Gasteiger partial charge in [0.1, 0.15) is 11.7 Å². The largest absolute Gasteiger partial charge is 0.327 e. The van der Waals surface area contributed by atoms with Crippen LogP contribution in [0.25, 0.3) is 5.69 Å². The molecule has 5 nitrogen and oxygen atoms in total. The average Bonchev–Trinajstić information content (AvgIpc) is 3.13. The quantitative estimate of drug-likeness (QED) is 0.375. The van der Waals surface area contributed by atoms with Crippen LogP contribution in [0.1, 0.15) is 51.3 Å². The number of aromatic nitrogens is 2. The average molecular weight is 511 g/mol. The number of benzene rings is 2. The van der Waals surface area contributed by atoms with Crippen LogP contribution in [0, 0.1) is 24.1 Å². The fourth-order valence-corrected chi connectivity index (χ4v) is 9.26. The van der Waals surface area contributed by atoms with Gasteiger partial charge in [-0.2, -0.15) is 5.10 Å². The highest BCUT2D eigenvalue weighted by Gasteiger charge is 2.44. The maximum Gasteiger partial charge on any atom is 0.192 e. The van der Waals surface area contributed by atoms with Crippen molar-refractivity contribution in [3.63, 3.8) is 0 Å². The number of amidine groups is 1. The van der Waals surface area contributed by atoms with Crippen molar-refractivity contribution >= 4 is 35.2 Å². The molecule has 0 spiro atoms. The van der Waals surface area contributed by atoms with Crippen molar-refractivity contribution in [1.82, 2.24) is 14.5 Å². The van der Waals surface area contributed by atoms with Gasteiger partial charge in [-0.1, -0.05) is 39.0 Å². The third kappa shape index (κ3) is 4.50. The summed E-state index contributed by atoms with van der Waals surface area (Å²) in [6.45, 7) is 8.91. The monoisotopic (exact) mass is 510 g/mol. The van der Waals surface area contributed by atoms with Crippen LogP contribution in [0.2, 0.25) is 0 Å². The van der Waals surface area contributed by atoms with Crippen LogP contribution >= 0.6 is 6.42 Å². The topological polar surface area (TPSA) is 42.6 Å². The molecule has 3 unspecified atom stereocenters. The molecule has 2 heterocycles. The van der Waals surface area contributed by atoms with Gasteiger partial charge in [-0.15, -0.1) is 0 Å². The Kier molecular flexibility index (Phi) is 6.23. The lowest BCUT2D eigenvalue weighted by molar-refractivity contribution is 0.0622. The number of rotatable bonds is 4. The van der Waals surface area contributed by atoms with E-state index in [9.17, 15) is 4.39 Å². The van der Waals surface area contributed by atoms with E-state index in [1.807, 2.05) is 53.7 Å². The number of para-hydroxylation sites is 1. The lowest BCUT2D eigenvalue weighted by atomic mass is 9.72. The molecule has 2 aromatic carbocycles. The minimum atomic E-state index is -2.76. The number of hydrogen-bond donors (Lipinski definition) is 0. The Balaban J connectivity index is 1.67. The van der Waals surface area contributed by atoms with Crippen LogP contribution in [0.3, 0.4) is 0 Å². The molecule has 35 heavy (non-hydrogen) atoms. The molecule has 0 saturated heterocycles. The molecule has 0 radical (unpaired) electrons. The maximum absolute atomic E-state index is 13.7. The van der Waals surface area contributed by atoms with Crippen molar-refractivity contribution in [3.8, 4) is 5.69 Å². The molecule has 0 amide bonds. The van der Waals surface area contributed by atoms with Gasteiger partial charge in [-0.05, 0) is 85.7 Å². The smallest absolute Gasteiger partial charge is 0.192 e. The van der Waals surface area contributed by atoms with Gasteiger partial charge in [0, 0.05) is 12.6 Å². The molecule has 0 N–H and O–H groups in total. The zero-order chi connectivity index (χ0) is 25.0. The summed E-state index contributed by atoms with van der Waals surface area (Å²) in [5.74, 6) is 1.67. The van der Waals surface area contributed by atoms with E-state index in [1.54, 1.807) is 12.1 Å². The first-order valence-electron chi connectivity index (χ1n) is 12.1. The van der Waals surface area contributed by atoms with Gasteiger partial charge in [0.05, 0.1) is 22.8 Å². The molecule has 2 aliphatic rings. The van der Waals surface area contributed by atoms with E-state index in [2.05, 4.69) is 20.8 Å². The van der Waals surface area contributed by atoms with Crippen molar-refractivity contribution < 1.29 is 8.91 Å². The van der Waals surface area contributed by atoms with Crippen LogP contribution < -0.4 is 5.30 Å². The Labute approximate surface area is 212 Å². The first-order valence-corrected chi connectivity index (χ1v) is 14.8. The van der Waals surface area contributed by atoms with E-state index < -0.39 is 6.42 Å². The van der Waals surface area contributed by atoms with Gasteiger partial charge in [0.15, 0.2) is 12.2 Å². The molecular formula is C27H32FN4OPS. The predicted octanol–water partition coefficient (Wildman–Crippen LogP) is 6.51. The van der Waals surface area contributed by atoms with Gasteiger partial charge in [0.2, 0.25) is 0 Å². The van der Waals surface area contributed by atoms with E-state index in [0.717, 1.165) is 35.1 Å². The number of halogens is 1. The first-order chi connectivity index (χ1) is 16.6.